The molecule has 0 radical (unpaired) electrons. The van der Waals surface area contributed by atoms with Gasteiger partial charge in [0.2, 0.25) is 0 Å². The van der Waals surface area contributed by atoms with Gasteiger partial charge in [-0.25, -0.2) is 0 Å². The predicted octanol–water partition coefficient (Wildman–Crippen LogP) is 7.70. The zero-order chi connectivity index (χ0) is 18.2. The van der Waals surface area contributed by atoms with Gasteiger partial charge >= 0.3 is 0 Å². The molecule has 142 valence electrons. The van der Waals surface area contributed by atoms with E-state index in [0.717, 1.165) is 19.4 Å². The van der Waals surface area contributed by atoms with Crippen LogP contribution >= 0.6 is 0 Å². The number of ether oxygens (including phenoxy) is 1. The Balaban J connectivity index is 1.95. The Morgan fingerprint density at radius 3 is 1.92 bits per heavy atom. The van der Waals surface area contributed by atoms with Crippen LogP contribution in [-0.4, -0.2) is 12.2 Å². The molecule has 25 heavy (non-hydrogen) atoms. The monoisotopic (exact) mass is 344 g/mol. The van der Waals surface area contributed by atoms with E-state index in [1.807, 2.05) is 12.2 Å². The zero-order valence-electron chi connectivity index (χ0n) is 16.6. The summed E-state index contributed by atoms with van der Waals surface area (Å²) < 4.78 is 6.12. The molecule has 0 aromatic carbocycles. The first kappa shape index (κ1) is 22.0. The smallest absolute Gasteiger partial charge is 0.108 e. The predicted molar refractivity (Wildman–Crippen MR) is 112 cm³/mol. The molecule has 0 fully saturated rings. The van der Waals surface area contributed by atoms with E-state index < -0.39 is 0 Å². The summed E-state index contributed by atoms with van der Waals surface area (Å²) in [6.07, 6.45) is 27.6. The van der Waals surface area contributed by atoms with Crippen molar-refractivity contribution >= 4 is 0 Å². The molecule has 0 aromatic heterocycles. The zero-order valence-corrected chi connectivity index (χ0v) is 16.6. The highest BCUT2D eigenvalue weighted by molar-refractivity contribution is 5.37. The van der Waals surface area contributed by atoms with E-state index in [2.05, 4.69) is 38.3 Å². The topological polar surface area (TPSA) is 9.23 Å². The Labute approximate surface area is 156 Å². The van der Waals surface area contributed by atoms with Crippen LogP contribution in [0.3, 0.4) is 0 Å². The van der Waals surface area contributed by atoms with Crippen LogP contribution in [0.25, 0.3) is 0 Å². The summed E-state index contributed by atoms with van der Waals surface area (Å²) in [5.41, 5.74) is 0.871. The van der Waals surface area contributed by atoms with Crippen LogP contribution in [0.2, 0.25) is 0 Å². The normalized spacial score (nSPS) is 19.6. The lowest BCUT2D eigenvalue weighted by molar-refractivity contribution is 0.0266. The third kappa shape index (κ3) is 9.84. The van der Waals surface area contributed by atoms with Gasteiger partial charge in [-0.2, -0.15) is 0 Å². The largest absolute Gasteiger partial charge is 0.366 e. The second-order valence-corrected chi connectivity index (χ2v) is 7.34. The van der Waals surface area contributed by atoms with Gasteiger partial charge in [0.1, 0.15) is 5.60 Å². The lowest BCUT2D eigenvalue weighted by Gasteiger charge is -2.29. The van der Waals surface area contributed by atoms with Crippen molar-refractivity contribution in [3.8, 4) is 0 Å². The fraction of sp³-hybridized carbons (Fsp3) is 0.667. The maximum absolute atomic E-state index is 6.12. The van der Waals surface area contributed by atoms with Gasteiger partial charge in [-0.05, 0) is 18.1 Å². The second-order valence-electron chi connectivity index (χ2n) is 7.34. The van der Waals surface area contributed by atoms with Crippen LogP contribution in [0.15, 0.2) is 49.1 Å². The second kappa shape index (κ2) is 14.1. The van der Waals surface area contributed by atoms with Gasteiger partial charge in [-0.15, -0.1) is 0 Å². The Bertz CT molecular complexity index is 418. The third-order valence-electron chi connectivity index (χ3n) is 5.16. The minimum Gasteiger partial charge on any atom is -0.366 e. The lowest BCUT2D eigenvalue weighted by atomic mass is 9.92. The van der Waals surface area contributed by atoms with E-state index in [0.29, 0.717) is 0 Å². The Kier molecular flexibility index (Phi) is 12.4. The van der Waals surface area contributed by atoms with Crippen molar-refractivity contribution in [2.45, 2.75) is 96.0 Å². The molecule has 0 aromatic rings. The van der Waals surface area contributed by atoms with Gasteiger partial charge < -0.3 is 4.74 Å². The van der Waals surface area contributed by atoms with Gasteiger partial charge in [0.15, 0.2) is 0 Å². The van der Waals surface area contributed by atoms with Crippen LogP contribution < -0.4 is 0 Å². The Morgan fingerprint density at radius 2 is 1.48 bits per heavy atom. The van der Waals surface area contributed by atoms with Crippen molar-refractivity contribution in [1.29, 1.82) is 0 Å². The summed E-state index contributed by atoms with van der Waals surface area (Å²) in [5.74, 6) is 0. The van der Waals surface area contributed by atoms with E-state index in [1.54, 1.807) is 0 Å². The number of hydrogen-bond donors (Lipinski definition) is 0. The highest BCUT2D eigenvalue weighted by Gasteiger charge is 2.24. The van der Waals surface area contributed by atoms with Gasteiger partial charge in [0.25, 0.3) is 0 Å². The maximum Gasteiger partial charge on any atom is 0.108 e. The molecule has 1 unspecified atom stereocenters. The fourth-order valence-corrected chi connectivity index (χ4v) is 3.32. The van der Waals surface area contributed by atoms with Crippen molar-refractivity contribution in [2.75, 3.05) is 6.61 Å². The highest BCUT2D eigenvalue weighted by Crippen LogP contribution is 2.27. The van der Waals surface area contributed by atoms with Crippen molar-refractivity contribution < 1.29 is 4.74 Å². The van der Waals surface area contributed by atoms with E-state index >= 15 is 0 Å². The van der Waals surface area contributed by atoms with E-state index in [-0.39, 0.29) is 5.60 Å². The number of allylic oxidation sites excluding steroid dienone is 3. The summed E-state index contributed by atoms with van der Waals surface area (Å²) in [4.78, 5) is 0. The first-order valence-corrected chi connectivity index (χ1v) is 10.6. The van der Waals surface area contributed by atoms with Crippen LogP contribution in [0.5, 0.6) is 0 Å². The van der Waals surface area contributed by atoms with Gasteiger partial charge in [0.05, 0.1) is 0 Å². The molecule has 0 heterocycles. The van der Waals surface area contributed by atoms with Crippen LogP contribution in [0.1, 0.15) is 90.4 Å². The van der Waals surface area contributed by atoms with Gasteiger partial charge in [-0.3, -0.25) is 0 Å². The summed E-state index contributed by atoms with van der Waals surface area (Å²) in [5, 5.41) is 0. The summed E-state index contributed by atoms with van der Waals surface area (Å²) in [7, 11) is 0. The summed E-state index contributed by atoms with van der Waals surface area (Å²) in [6, 6.07) is 0. The van der Waals surface area contributed by atoms with Crippen molar-refractivity contribution in [3.05, 3.63) is 49.1 Å². The average molecular weight is 345 g/mol. The molecule has 1 atom stereocenters. The van der Waals surface area contributed by atoms with E-state index in [4.69, 9.17) is 4.74 Å². The van der Waals surface area contributed by atoms with E-state index in [9.17, 15) is 0 Å². The number of rotatable bonds is 16. The lowest BCUT2D eigenvalue weighted by Crippen LogP contribution is -2.28. The molecular formula is C24H40O. The summed E-state index contributed by atoms with van der Waals surface area (Å²) in [6.45, 7) is 10.9. The standard InChI is InChI=1S/C24H40O/c1-4-7-8-9-10-11-12-13-14-15-16-17-22-25-24(6-3)20-18-23(5-2)19-21-24/h5-6,18-20H,2-4,7-17,21-22H2,1H3. The molecule has 1 rings (SSSR count). The van der Waals surface area contributed by atoms with Crippen molar-refractivity contribution in [2.24, 2.45) is 0 Å². The average Bonchev–Trinajstić information content (AvgIpc) is 2.66. The highest BCUT2D eigenvalue weighted by atomic mass is 16.5. The number of unbranched alkanes of at least 4 members (excludes halogenated alkanes) is 11. The molecule has 0 spiro atoms. The van der Waals surface area contributed by atoms with Gasteiger partial charge in [-0.1, -0.05) is 115 Å². The van der Waals surface area contributed by atoms with Crippen LogP contribution in [0, 0.1) is 0 Å². The Morgan fingerprint density at radius 1 is 0.920 bits per heavy atom. The molecule has 0 bridgehead atoms. The fourth-order valence-electron chi connectivity index (χ4n) is 3.32. The van der Waals surface area contributed by atoms with Gasteiger partial charge in [0, 0.05) is 13.0 Å². The molecule has 0 saturated heterocycles. The quantitative estimate of drug-likeness (QED) is 0.206. The molecule has 0 saturated carbocycles. The minimum atomic E-state index is -0.301. The van der Waals surface area contributed by atoms with E-state index in [1.165, 1.54) is 76.2 Å². The van der Waals surface area contributed by atoms with Crippen LogP contribution in [-0.2, 0) is 4.74 Å². The molecule has 0 aliphatic heterocycles. The molecule has 1 heteroatoms. The molecule has 0 amide bonds. The SMILES string of the molecule is C=CC1=CCC(C=C)(OCCCCCCCCCCCCCC)C=C1. The molecule has 1 aliphatic carbocycles. The first-order valence-electron chi connectivity index (χ1n) is 10.6. The minimum absolute atomic E-state index is 0.301. The maximum atomic E-state index is 6.12. The first-order chi connectivity index (χ1) is 12.3. The van der Waals surface area contributed by atoms with Crippen molar-refractivity contribution in [1.82, 2.24) is 0 Å². The van der Waals surface area contributed by atoms with Crippen molar-refractivity contribution in [3.63, 3.8) is 0 Å². The summed E-state index contributed by atoms with van der Waals surface area (Å²) >= 11 is 0. The molecule has 1 nitrogen and oxygen atoms in total. The van der Waals surface area contributed by atoms with Crippen LogP contribution in [0.4, 0.5) is 0 Å². The molecule has 1 aliphatic rings. The molecular weight excluding hydrogens is 304 g/mol. The Hall–Kier alpha value is -1.08. The molecule has 0 N–H and O–H groups in total. The number of hydrogen-bond acceptors (Lipinski definition) is 1. The third-order valence-corrected chi connectivity index (χ3v) is 5.16.